The Morgan fingerprint density at radius 1 is 0.941 bits per heavy atom. The molecule has 1 rings (SSSR count). The Kier molecular flexibility index (Phi) is 13.0. The van der Waals surface area contributed by atoms with Gasteiger partial charge >= 0.3 is 11.9 Å². The number of primary amides is 1. The fourth-order valence-electron chi connectivity index (χ4n) is 3.31. The third-order valence-electron chi connectivity index (χ3n) is 5.19. The summed E-state index contributed by atoms with van der Waals surface area (Å²) in [5, 5.41) is 28.5. The highest BCUT2D eigenvalue weighted by atomic mass is 32.2. The number of amides is 4. The molecule has 8 N–H and O–H groups in total. The summed E-state index contributed by atoms with van der Waals surface area (Å²) in [7, 11) is 0. The second-order valence-corrected chi connectivity index (χ2v) is 8.88. The van der Waals surface area contributed by atoms with Crippen molar-refractivity contribution in [1.82, 2.24) is 21.3 Å². The van der Waals surface area contributed by atoms with Gasteiger partial charge in [0.05, 0.1) is 6.04 Å². The highest BCUT2D eigenvalue weighted by Crippen LogP contribution is 2.08. The molecule has 0 aromatic heterocycles. The zero-order valence-electron chi connectivity index (χ0n) is 19.0. The van der Waals surface area contributed by atoms with Crippen LogP contribution in [0, 0.1) is 0 Å². The van der Waals surface area contributed by atoms with Crippen molar-refractivity contribution in [3.05, 3.63) is 0 Å². The summed E-state index contributed by atoms with van der Waals surface area (Å²) >= 11 is 1.40. The molecule has 14 heteroatoms. The first-order chi connectivity index (χ1) is 16.0. The molecule has 0 saturated carbocycles. The quantitative estimate of drug-likeness (QED) is 0.125. The molecule has 1 fully saturated rings. The molecule has 4 unspecified atom stereocenters. The van der Waals surface area contributed by atoms with E-state index in [4.69, 9.17) is 10.8 Å². The van der Waals surface area contributed by atoms with Gasteiger partial charge in [-0.3, -0.25) is 24.0 Å². The van der Waals surface area contributed by atoms with E-state index in [1.54, 1.807) is 6.26 Å². The standard InChI is InChI=1S/C20H33N5O8S/c1-34-10-8-13(19(31)25-14(20(32)33)5-7-16(27)28)24-18(30)12(4-6-15(21)26)23-17(29)11-3-2-9-22-11/h11-14,22H,2-10H2,1H3,(H2,21,26)(H,23,29)(H,24,30)(H,25,31)(H,27,28)(H,32,33). The monoisotopic (exact) mass is 503 g/mol. The number of nitrogens with one attached hydrogen (secondary N) is 4. The summed E-state index contributed by atoms with van der Waals surface area (Å²) < 4.78 is 0. The maximum atomic E-state index is 12.9. The van der Waals surface area contributed by atoms with E-state index in [0.717, 1.165) is 6.42 Å². The lowest BCUT2D eigenvalue weighted by Gasteiger charge is -2.25. The zero-order valence-corrected chi connectivity index (χ0v) is 19.8. The Bertz CT molecular complexity index is 759. The van der Waals surface area contributed by atoms with Gasteiger partial charge in [-0.15, -0.1) is 0 Å². The Hall–Kier alpha value is -2.87. The first-order valence-electron chi connectivity index (χ1n) is 10.9. The van der Waals surface area contributed by atoms with Gasteiger partial charge in [0.25, 0.3) is 0 Å². The van der Waals surface area contributed by atoms with Gasteiger partial charge in [0.1, 0.15) is 18.1 Å². The van der Waals surface area contributed by atoms with Gasteiger partial charge in [-0.25, -0.2) is 4.79 Å². The van der Waals surface area contributed by atoms with Gasteiger partial charge in [-0.2, -0.15) is 11.8 Å². The molecule has 0 aromatic carbocycles. The molecule has 0 bridgehead atoms. The average molecular weight is 504 g/mol. The number of carbonyl (C=O) groups is 6. The molecular weight excluding hydrogens is 470 g/mol. The van der Waals surface area contributed by atoms with Crippen LogP contribution >= 0.6 is 11.8 Å². The highest BCUT2D eigenvalue weighted by molar-refractivity contribution is 7.98. The van der Waals surface area contributed by atoms with Crippen LogP contribution in [0.4, 0.5) is 0 Å². The van der Waals surface area contributed by atoms with Crippen LogP contribution in [0.3, 0.4) is 0 Å². The smallest absolute Gasteiger partial charge is 0.326 e. The second kappa shape index (κ2) is 15.1. The van der Waals surface area contributed by atoms with Crippen LogP contribution in [0.15, 0.2) is 0 Å². The first kappa shape index (κ1) is 29.2. The summed E-state index contributed by atoms with van der Waals surface area (Å²) in [5.74, 6) is -4.74. The second-order valence-electron chi connectivity index (χ2n) is 7.89. The minimum Gasteiger partial charge on any atom is -0.481 e. The fourth-order valence-corrected chi connectivity index (χ4v) is 3.78. The molecule has 4 amide bonds. The molecule has 0 spiro atoms. The molecule has 0 aromatic rings. The summed E-state index contributed by atoms with van der Waals surface area (Å²) in [6, 6.07) is -4.18. The largest absolute Gasteiger partial charge is 0.481 e. The molecular formula is C20H33N5O8S. The number of carbonyl (C=O) groups excluding carboxylic acids is 4. The number of thioether (sulfide) groups is 1. The van der Waals surface area contributed by atoms with Crippen LogP contribution in [0.1, 0.15) is 44.9 Å². The van der Waals surface area contributed by atoms with E-state index in [9.17, 15) is 33.9 Å². The Balaban J connectivity index is 2.91. The number of carboxylic acid groups (broad SMARTS) is 2. The van der Waals surface area contributed by atoms with Gasteiger partial charge < -0.3 is 37.2 Å². The van der Waals surface area contributed by atoms with E-state index < -0.39 is 66.2 Å². The lowest BCUT2D eigenvalue weighted by Crippen LogP contribution is -2.57. The normalized spacial score (nSPS) is 17.7. The van der Waals surface area contributed by atoms with Crippen molar-refractivity contribution >= 4 is 47.3 Å². The van der Waals surface area contributed by atoms with Crippen molar-refractivity contribution in [2.45, 2.75) is 69.1 Å². The number of nitrogens with two attached hydrogens (primary N) is 1. The fraction of sp³-hybridized carbons (Fsp3) is 0.700. The number of aliphatic carboxylic acids is 2. The summed E-state index contributed by atoms with van der Waals surface area (Å²) in [5.41, 5.74) is 5.18. The van der Waals surface area contributed by atoms with Crippen LogP contribution in [0.25, 0.3) is 0 Å². The van der Waals surface area contributed by atoms with Crippen molar-refractivity contribution in [1.29, 1.82) is 0 Å². The molecule has 0 aliphatic carbocycles. The summed E-state index contributed by atoms with van der Waals surface area (Å²) in [6.45, 7) is 0.666. The Labute approximate surface area is 201 Å². The van der Waals surface area contributed by atoms with Crippen molar-refractivity contribution in [3.63, 3.8) is 0 Å². The van der Waals surface area contributed by atoms with Crippen LogP contribution in [0.5, 0.6) is 0 Å². The zero-order chi connectivity index (χ0) is 25.7. The maximum Gasteiger partial charge on any atom is 0.326 e. The van der Waals surface area contributed by atoms with Crippen molar-refractivity contribution in [2.75, 3.05) is 18.6 Å². The van der Waals surface area contributed by atoms with Crippen molar-refractivity contribution < 1.29 is 39.0 Å². The molecule has 0 radical (unpaired) electrons. The van der Waals surface area contributed by atoms with Crippen molar-refractivity contribution in [2.24, 2.45) is 5.73 Å². The maximum absolute atomic E-state index is 12.9. The third-order valence-corrected chi connectivity index (χ3v) is 5.84. The summed E-state index contributed by atoms with van der Waals surface area (Å²) in [4.78, 5) is 71.6. The number of hydrogen-bond donors (Lipinski definition) is 7. The molecule has 1 saturated heterocycles. The first-order valence-corrected chi connectivity index (χ1v) is 12.3. The van der Waals surface area contributed by atoms with Gasteiger partial charge in [0.15, 0.2) is 0 Å². The van der Waals surface area contributed by atoms with Gasteiger partial charge in [-0.05, 0) is 50.7 Å². The Morgan fingerprint density at radius 2 is 1.53 bits per heavy atom. The lowest BCUT2D eigenvalue weighted by atomic mass is 10.1. The Morgan fingerprint density at radius 3 is 2.03 bits per heavy atom. The lowest BCUT2D eigenvalue weighted by molar-refractivity contribution is -0.143. The molecule has 4 atom stereocenters. The van der Waals surface area contributed by atoms with Gasteiger partial charge in [0.2, 0.25) is 23.6 Å². The molecule has 1 heterocycles. The number of rotatable bonds is 16. The van der Waals surface area contributed by atoms with Crippen molar-refractivity contribution in [3.8, 4) is 0 Å². The SMILES string of the molecule is CSCCC(NC(=O)C(CCC(N)=O)NC(=O)C1CCCN1)C(=O)NC(CCC(=O)O)C(=O)O. The van der Waals surface area contributed by atoms with Crippen LogP contribution in [-0.2, 0) is 28.8 Å². The van der Waals surface area contributed by atoms with Gasteiger partial charge in [0, 0.05) is 12.8 Å². The van der Waals surface area contributed by atoms with Crippen LogP contribution in [0.2, 0.25) is 0 Å². The van der Waals surface area contributed by atoms with E-state index in [1.807, 2.05) is 0 Å². The molecule has 13 nitrogen and oxygen atoms in total. The molecule has 1 aliphatic heterocycles. The molecule has 34 heavy (non-hydrogen) atoms. The third kappa shape index (κ3) is 10.8. The van der Waals surface area contributed by atoms with E-state index in [1.165, 1.54) is 11.8 Å². The molecule has 192 valence electrons. The van der Waals surface area contributed by atoms with E-state index in [-0.39, 0.29) is 25.7 Å². The number of carboxylic acids is 2. The number of hydrogen-bond acceptors (Lipinski definition) is 8. The predicted molar refractivity (Wildman–Crippen MR) is 123 cm³/mol. The van der Waals surface area contributed by atoms with Gasteiger partial charge in [-0.1, -0.05) is 0 Å². The summed E-state index contributed by atoms with van der Waals surface area (Å²) in [6.07, 6.45) is 2.31. The van der Waals surface area contributed by atoms with E-state index in [2.05, 4.69) is 21.3 Å². The topological polar surface area (TPSA) is 217 Å². The van der Waals surface area contributed by atoms with E-state index >= 15 is 0 Å². The predicted octanol–water partition coefficient (Wildman–Crippen LogP) is -1.84. The average Bonchev–Trinajstić information content (AvgIpc) is 3.31. The van der Waals surface area contributed by atoms with E-state index in [0.29, 0.717) is 18.7 Å². The minimum atomic E-state index is -1.45. The molecule has 1 aliphatic rings. The van der Waals surface area contributed by atoms with Crippen LogP contribution in [-0.4, -0.2) is 88.5 Å². The highest BCUT2D eigenvalue weighted by Gasteiger charge is 2.31. The minimum absolute atomic E-state index is 0.0765. The van der Waals surface area contributed by atoms with Crippen LogP contribution < -0.4 is 27.0 Å².